The summed E-state index contributed by atoms with van der Waals surface area (Å²) < 4.78 is 0.899. The molecule has 10 heteroatoms. The first kappa shape index (κ1) is 17.1. The van der Waals surface area contributed by atoms with Crippen LogP contribution in [0.2, 0.25) is 0 Å². The third-order valence-electron chi connectivity index (χ3n) is 4.02. The van der Waals surface area contributed by atoms with Gasteiger partial charge in [-0.15, -0.1) is 0 Å². The van der Waals surface area contributed by atoms with Gasteiger partial charge in [0.05, 0.1) is 15.9 Å². The summed E-state index contributed by atoms with van der Waals surface area (Å²) in [6.45, 7) is 2.44. The largest absolute Gasteiger partial charge is 0.362 e. The zero-order valence-corrected chi connectivity index (χ0v) is 14.6. The second-order valence-electron chi connectivity index (χ2n) is 5.50. The number of nitro groups is 2. The van der Waals surface area contributed by atoms with Crippen LogP contribution in [-0.2, 0) is 0 Å². The molecule has 2 heterocycles. The van der Waals surface area contributed by atoms with Gasteiger partial charge >= 0.3 is 0 Å². The Morgan fingerprint density at radius 3 is 2.20 bits per heavy atom. The molecule has 130 valence electrons. The SMILES string of the molecule is O=[N+]([O-])c1ccc(N2CCN(c3ccc(Br)cn3)CC2)c([N+](=O)[O-])c1. The summed E-state index contributed by atoms with van der Waals surface area (Å²) in [5.74, 6) is 0.848. The number of nitrogens with zero attached hydrogens (tertiary/aromatic N) is 5. The molecular weight excluding hydrogens is 394 g/mol. The van der Waals surface area contributed by atoms with Crippen molar-refractivity contribution in [1.82, 2.24) is 4.98 Å². The molecule has 0 spiro atoms. The van der Waals surface area contributed by atoms with Crippen LogP contribution in [-0.4, -0.2) is 41.0 Å². The molecule has 1 saturated heterocycles. The van der Waals surface area contributed by atoms with Gasteiger partial charge in [0, 0.05) is 42.9 Å². The summed E-state index contributed by atoms with van der Waals surface area (Å²) >= 11 is 3.35. The lowest BCUT2D eigenvalue weighted by Crippen LogP contribution is -2.47. The normalized spacial score (nSPS) is 14.4. The summed E-state index contributed by atoms with van der Waals surface area (Å²) in [7, 11) is 0. The highest BCUT2D eigenvalue weighted by Gasteiger charge is 2.26. The van der Waals surface area contributed by atoms with Gasteiger partial charge in [0.2, 0.25) is 0 Å². The van der Waals surface area contributed by atoms with Crippen LogP contribution in [0.5, 0.6) is 0 Å². The molecule has 1 aromatic heterocycles. The van der Waals surface area contributed by atoms with Crippen LogP contribution < -0.4 is 9.80 Å². The number of hydrogen-bond donors (Lipinski definition) is 0. The van der Waals surface area contributed by atoms with E-state index in [1.54, 1.807) is 6.20 Å². The van der Waals surface area contributed by atoms with Gasteiger partial charge in [-0.05, 0) is 34.1 Å². The van der Waals surface area contributed by atoms with E-state index in [9.17, 15) is 20.2 Å². The number of anilines is 2. The van der Waals surface area contributed by atoms with Crippen LogP contribution in [0.4, 0.5) is 22.9 Å². The van der Waals surface area contributed by atoms with Gasteiger partial charge in [0.25, 0.3) is 11.4 Å². The summed E-state index contributed by atoms with van der Waals surface area (Å²) in [5.41, 5.74) is -0.128. The average molecular weight is 408 g/mol. The maximum Gasteiger partial charge on any atom is 0.299 e. The Kier molecular flexibility index (Phi) is 4.79. The van der Waals surface area contributed by atoms with Crippen molar-refractivity contribution >= 4 is 38.8 Å². The standard InChI is InChI=1S/C15H14BrN5O4/c16-11-1-4-15(17-10-11)19-7-5-18(6-8-19)13-3-2-12(20(22)23)9-14(13)21(24)25/h1-4,9-10H,5-8H2. The summed E-state index contributed by atoms with van der Waals surface area (Å²) in [5, 5.41) is 22.1. The van der Waals surface area contributed by atoms with Crippen LogP contribution in [0, 0.1) is 20.2 Å². The first-order valence-electron chi connectivity index (χ1n) is 7.50. The van der Waals surface area contributed by atoms with Gasteiger partial charge in [-0.25, -0.2) is 4.98 Å². The van der Waals surface area contributed by atoms with Crippen molar-refractivity contribution in [2.45, 2.75) is 0 Å². The van der Waals surface area contributed by atoms with Crippen LogP contribution in [0.25, 0.3) is 0 Å². The van der Waals surface area contributed by atoms with Crippen LogP contribution in [0.3, 0.4) is 0 Å². The maximum atomic E-state index is 11.3. The third kappa shape index (κ3) is 3.68. The first-order chi connectivity index (χ1) is 12.0. The Morgan fingerprint density at radius 2 is 1.64 bits per heavy atom. The molecule has 1 fully saturated rings. The number of aromatic nitrogens is 1. The van der Waals surface area contributed by atoms with E-state index in [1.807, 2.05) is 17.0 Å². The van der Waals surface area contributed by atoms with Crippen molar-refractivity contribution in [1.29, 1.82) is 0 Å². The highest BCUT2D eigenvalue weighted by Crippen LogP contribution is 2.32. The van der Waals surface area contributed by atoms with E-state index in [2.05, 4.69) is 25.8 Å². The number of non-ortho nitro benzene ring substituents is 1. The van der Waals surface area contributed by atoms with Crippen molar-refractivity contribution < 1.29 is 9.85 Å². The lowest BCUT2D eigenvalue weighted by Gasteiger charge is -2.36. The third-order valence-corrected chi connectivity index (χ3v) is 4.49. The van der Waals surface area contributed by atoms with E-state index in [1.165, 1.54) is 12.1 Å². The minimum Gasteiger partial charge on any atom is -0.362 e. The van der Waals surface area contributed by atoms with E-state index in [-0.39, 0.29) is 11.4 Å². The van der Waals surface area contributed by atoms with Crippen molar-refractivity contribution in [3.63, 3.8) is 0 Å². The maximum absolute atomic E-state index is 11.3. The number of nitro benzene ring substituents is 2. The molecule has 9 nitrogen and oxygen atoms in total. The molecule has 1 aliphatic heterocycles. The van der Waals surface area contributed by atoms with Crippen LogP contribution in [0.1, 0.15) is 0 Å². The van der Waals surface area contributed by atoms with Gasteiger partial charge in [0.1, 0.15) is 11.5 Å². The average Bonchev–Trinajstić information content (AvgIpc) is 2.62. The molecular formula is C15H14BrN5O4. The second kappa shape index (κ2) is 7.01. The Morgan fingerprint density at radius 1 is 0.960 bits per heavy atom. The van der Waals surface area contributed by atoms with Crippen LogP contribution >= 0.6 is 15.9 Å². The monoisotopic (exact) mass is 407 g/mol. The van der Waals surface area contributed by atoms with E-state index in [0.29, 0.717) is 31.9 Å². The molecule has 2 aromatic rings. The minimum absolute atomic E-state index is 0.246. The van der Waals surface area contributed by atoms with Gasteiger partial charge < -0.3 is 9.80 Å². The number of benzene rings is 1. The molecule has 0 atom stereocenters. The van der Waals surface area contributed by atoms with Gasteiger partial charge in [-0.2, -0.15) is 0 Å². The lowest BCUT2D eigenvalue weighted by molar-refractivity contribution is -0.393. The molecule has 0 unspecified atom stereocenters. The molecule has 0 saturated carbocycles. The molecule has 25 heavy (non-hydrogen) atoms. The molecule has 1 aliphatic rings. The number of hydrogen-bond acceptors (Lipinski definition) is 7. The van der Waals surface area contributed by atoms with Crippen molar-refractivity contribution in [2.75, 3.05) is 36.0 Å². The second-order valence-corrected chi connectivity index (χ2v) is 6.41. The molecule has 0 bridgehead atoms. The summed E-state index contributed by atoms with van der Waals surface area (Å²) in [6, 6.07) is 7.58. The van der Waals surface area contributed by atoms with E-state index >= 15 is 0 Å². The fraction of sp³-hybridized carbons (Fsp3) is 0.267. The van der Waals surface area contributed by atoms with Crippen LogP contribution in [0.15, 0.2) is 41.0 Å². The molecule has 0 aliphatic carbocycles. The lowest BCUT2D eigenvalue weighted by atomic mass is 10.2. The Bertz CT molecular complexity index is 806. The van der Waals surface area contributed by atoms with Crippen molar-refractivity contribution in [3.8, 4) is 0 Å². The zero-order valence-electron chi connectivity index (χ0n) is 13.0. The van der Waals surface area contributed by atoms with Crippen molar-refractivity contribution in [2.24, 2.45) is 0 Å². The highest BCUT2D eigenvalue weighted by atomic mass is 79.9. The Labute approximate surface area is 151 Å². The van der Waals surface area contributed by atoms with Crippen molar-refractivity contribution in [3.05, 3.63) is 61.2 Å². The molecule has 3 rings (SSSR count). The summed E-state index contributed by atoms with van der Waals surface area (Å²) in [6.07, 6.45) is 1.73. The fourth-order valence-corrected chi connectivity index (χ4v) is 3.01. The number of pyridine rings is 1. The topological polar surface area (TPSA) is 106 Å². The smallest absolute Gasteiger partial charge is 0.299 e. The number of piperazine rings is 1. The van der Waals surface area contributed by atoms with E-state index in [0.717, 1.165) is 16.4 Å². The highest BCUT2D eigenvalue weighted by molar-refractivity contribution is 9.10. The predicted molar refractivity (Wildman–Crippen MR) is 96.1 cm³/mol. The van der Waals surface area contributed by atoms with Gasteiger partial charge in [-0.3, -0.25) is 20.2 Å². The Hall–Kier alpha value is -2.75. The quantitative estimate of drug-likeness (QED) is 0.566. The fourth-order valence-electron chi connectivity index (χ4n) is 2.77. The van der Waals surface area contributed by atoms with Gasteiger partial charge in [0.15, 0.2) is 0 Å². The Balaban J connectivity index is 1.77. The summed E-state index contributed by atoms with van der Waals surface area (Å²) in [4.78, 5) is 29.2. The van der Waals surface area contributed by atoms with E-state index in [4.69, 9.17) is 0 Å². The zero-order chi connectivity index (χ0) is 18.0. The molecule has 0 radical (unpaired) electrons. The van der Waals surface area contributed by atoms with E-state index < -0.39 is 9.85 Å². The molecule has 0 amide bonds. The number of halogens is 1. The minimum atomic E-state index is -0.631. The predicted octanol–water partition coefficient (Wildman–Crippen LogP) is 2.99. The number of rotatable bonds is 4. The van der Waals surface area contributed by atoms with Gasteiger partial charge in [-0.1, -0.05) is 0 Å². The first-order valence-corrected chi connectivity index (χ1v) is 8.29. The molecule has 1 aromatic carbocycles. The molecule has 0 N–H and O–H groups in total.